The molecule has 1 fully saturated rings. The third-order valence-corrected chi connectivity index (χ3v) is 8.62. The van der Waals surface area contributed by atoms with Crippen LogP contribution in [0.5, 0.6) is 0 Å². The van der Waals surface area contributed by atoms with Gasteiger partial charge in [-0.05, 0) is 58.8 Å². The molecule has 0 saturated carbocycles. The van der Waals surface area contributed by atoms with Gasteiger partial charge in [0.05, 0.1) is 0 Å². The molecule has 0 radical (unpaired) electrons. The quantitative estimate of drug-likeness (QED) is 0.188. The molecule has 6 nitrogen and oxygen atoms in total. The molecule has 0 aliphatic carbocycles. The number of carbonyl (C=O) groups excluding carboxylic acids is 2. The molecule has 45 heavy (non-hydrogen) atoms. The predicted molar refractivity (Wildman–Crippen MR) is 181 cm³/mol. The van der Waals surface area contributed by atoms with Gasteiger partial charge < -0.3 is 14.8 Å². The molecule has 2 amide bonds. The Morgan fingerprint density at radius 1 is 0.800 bits per heavy atom. The number of H-pyrrole nitrogens is 1. The summed E-state index contributed by atoms with van der Waals surface area (Å²) in [6.45, 7) is 6.10. The largest absolute Gasteiger partial charge is 0.361 e. The molecule has 0 bridgehead atoms. The van der Waals surface area contributed by atoms with Crippen molar-refractivity contribution >= 4 is 28.8 Å². The normalized spacial score (nSPS) is 14.6. The Morgan fingerprint density at radius 2 is 1.49 bits per heavy atom. The first kappa shape index (κ1) is 30.1. The van der Waals surface area contributed by atoms with E-state index >= 15 is 0 Å². The molecule has 6 rings (SSSR count). The number of nitrogens with one attached hydrogen (secondary N) is 1. The number of hydrogen-bond acceptors (Lipinski definition) is 3. The predicted octanol–water partition coefficient (Wildman–Crippen LogP) is 6.47. The van der Waals surface area contributed by atoms with Crippen LogP contribution in [-0.2, 0) is 29.1 Å². The van der Waals surface area contributed by atoms with Crippen LogP contribution in [0.25, 0.3) is 17.0 Å². The number of aryl methyl sites for hydroxylation is 1. The second-order valence-electron chi connectivity index (χ2n) is 11.9. The minimum Gasteiger partial charge on any atom is -0.361 e. The zero-order chi connectivity index (χ0) is 31.0. The fourth-order valence-electron chi connectivity index (χ4n) is 6.03. The van der Waals surface area contributed by atoms with Crippen LogP contribution >= 0.6 is 0 Å². The molecule has 5 aromatic rings. The van der Waals surface area contributed by atoms with Crippen molar-refractivity contribution in [1.82, 2.24) is 19.7 Å². The van der Waals surface area contributed by atoms with E-state index in [0.29, 0.717) is 26.1 Å². The van der Waals surface area contributed by atoms with Gasteiger partial charge in [0.25, 0.3) is 0 Å². The van der Waals surface area contributed by atoms with E-state index in [4.69, 9.17) is 0 Å². The SMILES string of the molecule is Cc1ccc(/C=C/C(=O)N(Cc2ccc3[nH]ccc3c2)[C@@H](Cc2ccccc2)C(=O)N2CCN(Cc3ccccc3)CC2)cc1. The lowest BCUT2D eigenvalue weighted by Crippen LogP contribution is -2.56. The Bertz CT molecular complexity index is 1740. The van der Waals surface area contributed by atoms with Gasteiger partial charge in [0, 0.05) is 63.5 Å². The molecule has 0 unspecified atom stereocenters. The number of aromatic nitrogens is 1. The van der Waals surface area contributed by atoms with E-state index in [0.717, 1.165) is 52.8 Å². The van der Waals surface area contributed by atoms with Crippen molar-refractivity contribution in [2.75, 3.05) is 26.2 Å². The second-order valence-corrected chi connectivity index (χ2v) is 11.9. The number of aromatic amines is 1. The van der Waals surface area contributed by atoms with E-state index in [1.807, 2.05) is 103 Å². The molecule has 1 aromatic heterocycles. The molecule has 1 N–H and O–H groups in total. The number of nitrogens with zero attached hydrogens (tertiary/aromatic N) is 3. The van der Waals surface area contributed by atoms with E-state index in [9.17, 15) is 9.59 Å². The lowest BCUT2D eigenvalue weighted by molar-refractivity contribution is -0.145. The topological polar surface area (TPSA) is 59.7 Å². The third-order valence-electron chi connectivity index (χ3n) is 8.62. The molecule has 1 atom stereocenters. The number of piperazine rings is 1. The maximum absolute atomic E-state index is 14.5. The first-order valence-electron chi connectivity index (χ1n) is 15.7. The molecule has 4 aromatic carbocycles. The van der Waals surface area contributed by atoms with E-state index in [-0.39, 0.29) is 11.8 Å². The lowest BCUT2D eigenvalue weighted by atomic mass is 10.0. The van der Waals surface area contributed by atoms with Gasteiger partial charge >= 0.3 is 0 Å². The van der Waals surface area contributed by atoms with Crippen LogP contribution in [-0.4, -0.2) is 63.7 Å². The van der Waals surface area contributed by atoms with Crippen molar-refractivity contribution in [3.05, 3.63) is 149 Å². The minimum atomic E-state index is -0.648. The number of amides is 2. The smallest absolute Gasteiger partial charge is 0.247 e. The Balaban J connectivity index is 1.28. The highest BCUT2D eigenvalue weighted by Crippen LogP contribution is 2.21. The summed E-state index contributed by atoms with van der Waals surface area (Å²) < 4.78 is 0. The molecule has 1 aliphatic rings. The van der Waals surface area contributed by atoms with Crippen molar-refractivity contribution in [1.29, 1.82) is 0 Å². The molecular weight excluding hydrogens is 556 g/mol. The highest BCUT2D eigenvalue weighted by Gasteiger charge is 2.34. The van der Waals surface area contributed by atoms with Gasteiger partial charge in [0.2, 0.25) is 11.8 Å². The van der Waals surface area contributed by atoms with Crippen LogP contribution in [0.4, 0.5) is 0 Å². The zero-order valence-electron chi connectivity index (χ0n) is 25.8. The Hall–Kier alpha value is -4.94. The van der Waals surface area contributed by atoms with E-state index < -0.39 is 6.04 Å². The van der Waals surface area contributed by atoms with Crippen molar-refractivity contribution in [2.24, 2.45) is 0 Å². The summed E-state index contributed by atoms with van der Waals surface area (Å²) in [7, 11) is 0. The first-order chi connectivity index (χ1) is 22.0. The molecule has 2 heterocycles. The zero-order valence-corrected chi connectivity index (χ0v) is 25.8. The van der Waals surface area contributed by atoms with Crippen LogP contribution < -0.4 is 0 Å². The molecule has 6 heteroatoms. The Labute approximate surface area is 265 Å². The summed E-state index contributed by atoms with van der Waals surface area (Å²) >= 11 is 0. The van der Waals surface area contributed by atoms with Crippen molar-refractivity contribution in [3.63, 3.8) is 0 Å². The van der Waals surface area contributed by atoms with Crippen molar-refractivity contribution in [3.8, 4) is 0 Å². The molecular formula is C39H40N4O2. The summed E-state index contributed by atoms with van der Waals surface area (Å²) in [6, 6.07) is 36.1. The molecule has 1 saturated heterocycles. The van der Waals surface area contributed by atoms with Gasteiger partial charge in [0.15, 0.2) is 0 Å². The van der Waals surface area contributed by atoms with Gasteiger partial charge in [0.1, 0.15) is 6.04 Å². The van der Waals surface area contributed by atoms with Crippen LogP contribution in [0.15, 0.2) is 121 Å². The van der Waals surface area contributed by atoms with Gasteiger partial charge in [-0.1, -0.05) is 96.6 Å². The fourth-order valence-corrected chi connectivity index (χ4v) is 6.03. The second kappa shape index (κ2) is 14.2. The summed E-state index contributed by atoms with van der Waals surface area (Å²) in [6.07, 6.45) is 5.82. The van der Waals surface area contributed by atoms with Gasteiger partial charge in [-0.15, -0.1) is 0 Å². The van der Waals surface area contributed by atoms with E-state index in [1.54, 1.807) is 11.0 Å². The van der Waals surface area contributed by atoms with Gasteiger partial charge in [-0.3, -0.25) is 14.5 Å². The molecule has 0 spiro atoms. The molecule has 1 aliphatic heterocycles. The molecule has 228 valence electrons. The van der Waals surface area contributed by atoms with Crippen LogP contribution in [0.1, 0.15) is 27.8 Å². The Kier molecular flexibility index (Phi) is 9.52. The van der Waals surface area contributed by atoms with E-state index in [1.165, 1.54) is 5.56 Å². The van der Waals surface area contributed by atoms with Crippen LogP contribution in [0.2, 0.25) is 0 Å². The average Bonchev–Trinajstić information content (AvgIpc) is 3.55. The highest BCUT2D eigenvalue weighted by molar-refractivity contribution is 5.96. The maximum Gasteiger partial charge on any atom is 0.247 e. The number of rotatable bonds is 10. The first-order valence-corrected chi connectivity index (χ1v) is 15.7. The fraction of sp³-hybridized carbons (Fsp3) is 0.231. The Morgan fingerprint density at radius 3 is 2.20 bits per heavy atom. The van der Waals surface area contributed by atoms with Crippen molar-refractivity contribution in [2.45, 2.75) is 32.5 Å². The maximum atomic E-state index is 14.5. The number of benzene rings is 4. The standard InChI is InChI=1S/C39H40N4O2/c1-30-12-14-31(15-13-30)17-19-38(44)43(29-34-16-18-36-35(26-34)20-21-40-36)37(27-32-8-4-2-5-9-32)39(45)42-24-22-41(23-25-42)28-33-10-6-3-7-11-33/h2-21,26,37,40H,22-25,27-29H2,1H3/b19-17+/t37-/m0/s1. The summed E-state index contributed by atoms with van der Waals surface area (Å²) in [4.78, 5) is 38.0. The minimum absolute atomic E-state index is 0.00183. The monoisotopic (exact) mass is 596 g/mol. The summed E-state index contributed by atoms with van der Waals surface area (Å²) in [5.74, 6) is -0.181. The van der Waals surface area contributed by atoms with Crippen LogP contribution in [0.3, 0.4) is 0 Å². The van der Waals surface area contributed by atoms with Gasteiger partial charge in [-0.2, -0.15) is 0 Å². The summed E-state index contributed by atoms with van der Waals surface area (Å²) in [5.41, 5.74) is 6.44. The van der Waals surface area contributed by atoms with Crippen molar-refractivity contribution < 1.29 is 9.59 Å². The number of hydrogen-bond donors (Lipinski definition) is 1. The average molecular weight is 597 g/mol. The van der Waals surface area contributed by atoms with Crippen LogP contribution in [0, 0.1) is 6.92 Å². The third kappa shape index (κ3) is 7.78. The number of carbonyl (C=O) groups is 2. The van der Waals surface area contributed by atoms with Gasteiger partial charge in [-0.25, -0.2) is 0 Å². The highest BCUT2D eigenvalue weighted by atomic mass is 16.2. The lowest BCUT2D eigenvalue weighted by Gasteiger charge is -2.39. The summed E-state index contributed by atoms with van der Waals surface area (Å²) in [5, 5.41) is 1.08. The van der Waals surface area contributed by atoms with E-state index in [2.05, 4.69) is 40.2 Å². The number of fused-ring (bicyclic) bond motifs is 1.